The highest BCUT2D eigenvalue weighted by molar-refractivity contribution is 5.82. The number of piperidine rings is 1. The summed E-state index contributed by atoms with van der Waals surface area (Å²) in [4.78, 5) is 12.6. The van der Waals surface area contributed by atoms with E-state index < -0.39 is 0 Å². The molecule has 2 fully saturated rings. The highest BCUT2D eigenvalue weighted by Crippen LogP contribution is 2.32. The second-order valence-electron chi connectivity index (χ2n) is 6.98. The van der Waals surface area contributed by atoms with Crippen molar-refractivity contribution in [1.29, 1.82) is 0 Å². The summed E-state index contributed by atoms with van der Waals surface area (Å²) in [7, 11) is 0. The third-order valence-corrected chi connectivity index (χ3v) is 5.23. The number of hydrogen-bond donors (Lipinski definition) is 2. The minimum atomic E-state index is -0.285. The van der Waals surface area contributed by atoms with Crippen molar-refractivity contribution in [2.45, 2.75) is 52.5 Å². The monoisotopic (exact) mass is 282 g/mol. The maximum absolute atomic E-state index is 12.6. The van der Waals surface area contributed by atoms with Crippen molar-refractivity contribution in [3.63, 3.8) is 0 Å². The molecule has 0 aliphatic carbocycles. The van der Waals surface area contributed by atoms with Crippen LogP contribution in [0.4, 0.5) is 0 Å². The molecule has 2 unspecified atom stereocenters. The molecule has 2 heterocycles. The molecule has 0 saturated carbocycles. The topological polar surface area (TPSA) is 50.4 Å². The molecule has 0 radical (unpaired) electrons. The van der Waals surface area contributed by atoms with Crippen molar-refractivity contribution in [3.05, 3.63) is 0 Å². The van der Waals surface area contributed by atoms with Gasteiger partial charge in [-0.2, -0.15) is 0 Å². The minimum Gasteiger partial charge on any atom is -0.381 e. The largest absolute Gasteiger partial charge is 0.381 e. The zero-order chi connectivity index (χ0) is 14.6. The van der Waals surface area contributed by atoms with Gasteiger partial charge in [0.1, 0.15) is 0 Å². The Balaban J connectivity index is 1.88. The van der Waals surface area contributed by atoms with Crippen LogP contribution in [0.25, 0.3) is 0 Å². The normalized spacial score (nSPS) is 27.1. The lowest BCUT2D eigenvalue weighted by atomic mass is 9.74. The number of rotatable bonds is 4. The number of hydrogen-bond acceptors (Lipinski definition) is 3. The summed E-state index contributed by atoms with van der Waals surface area (Å²) in [6, 6.07) is 0.252. The van der Waals surface area contributed by atoms with Gasteiger partial charge in [0.25, 0.3) is 0 Å². The van der Waals surface area contributed by atoms with Crippen LogP contribution in [-0.2, 0) is 9.53 Å². The molecule has 0 bridgehead atoms. The highest BCUT2D eigenvalue weighted by Gasteiger charge is 2.38. The van der Waals surface area contributed by atoms with E-state index in [1.807, 2.05) is 0 Å². The van der Waals surface area contributed by atoms with E-state index in [0.717, 1.165) is 45.6 Å². The van der Waals surface area contributed by atoms with Crippen LogP contribution in [0, 0.1) is 17.3 Å². The van der Waals surface area contributed by atoms with E-state index in [-0.39, 0.29) is 17.4 Å². The third-order valence-electron chi connectivity index (χ3n) is 5.23. The van der Waals surface area contributed by atoms with Gasteiger partial charge < -0.3 is 15.4 Å². The first kappa shape index (κ1) is 15.8. The van der Waals surface area contributed by atoms with Crippen LogP contribution < -0.4 is 10.6 Å². The fourth-order valence-corrected chi connectivity index (χ4v) is 3.38. The first-order valence-electron chi connectivity index (χ1n) is 8.11. The van der Waals surface area contributed by atoms with Gasteiger partial charge in [0.15, 0.2) is 0 Å². The maximum Gasteiger partial charge on any atom is 0.226 e. The molecule has 1 amide bonds. The molecule has 0 aromatic rings. The van der Waals surface area contributed by atoms with E-state index in [0.29, 0.717) is 11.8 Å². The van der Waals surface area contributed by atoms with Crippen LogP contribution in [0.1, 0.15) is 46.5 Å². The summed E-state index contributed by atoms with van der Waals surface area (Å²) >= 11 is 0. The second-order valence-corrected chi connectivity index (χ2v) is 6.98. The van der Waals surface area contributed by atoms with Crippen LogP contribution in [0.5, 0.6) is 0 Å². The number of carbonyl (C=O) groups is 1. The van der Waals surface area contributed by atoms with Crippen LogP contribution >= 0.6 is 0 Å². The molecule has 4 heteroatoms. The van der Waals surface area contributed by atoms with Gasteiger partial charge in [-0.05, 0) is 57.5 Å². The van der Waals surface area contributed by atoms with Gasteiger partial charge in [0.2, 0.25) is 5.91 Å². The van der Waals surface area contributed by atoms with Gasteiger partial charge in [-0.3, -0.25) is 4.79 Å². The molecule has 2 atom stereocenters. The molecule has 0 aromatic heterocycles. The quantitative estimate of drug-likeness (QED) is 0.828. The van der Waals surface area contributed by atoms with Gasteiger partial charge in [0, 0.05) is 24.7 Å². The Bertz CT molecular complexity index is 318. The van der Waals surface area contributed by atoms with Crippen molar-refractivity contribution in [3.8, 4) is 0 Å². The van der Waals surface area contributed by atoms with Crippen molar-refractivity contribution >= 4 is 5.91 Å². The molecule has 2 saturated heterocycles. The van der Waals surface area contributed by atoms with Gasteiger partial charge in [-0.25, -0.2) is 0 Å². The SMILES string of the molecule is CC(NC(=O)C(C)(C)C1CCCNC1)C1CCOCC1. The zero-order valence-electron chi connectivity index (χ0n) is 13.2. The summed E-state index contributed by atoms with van der Waals surface area (Å²) < 4.78 is 5.40. The molecule has 116 valence electrons. The van der Waals surface area contributed by atoms with Crippen molar-refractivity contribution < 1.29 is 9.53 Å². The van der Waals surface area contributed by atoms with E-state index in [4.69, 9.17) is 4.74 Å². The summed E-state index contributed by atoms with van der Waals surface area (Å²) in [5.74, 6) is 1.22. The van der Waals surface area contributed by atoms with Gasteiger partial charge in [-0.15, -0.1) is 0 Å². The Morgan fingerprint density at radius 2 is 2.00 bits per heavy atom. The summed E-state index contributed by atoms with van der Waals surface area (Å²) in [5.41, 5.74) is -0.285. The average Bonchev–Trinajstić information content (AvgIpc) is 2.49. The molecular weight excluding hydrogens is 252 g/mol. The predicted octanol–water partition coefficient (Wildman–Crippen LogP) is 1.94. The van der Waals surface area contributed by atoms with Gasteiger partial charge in [-0.1, -0.05) is 13.8 Å². The number of carbonyl (C=O) groups excluding carboxylic acids is 1. The van der Waals surface area contributed by atoms with Crippen LogP contribution in [0.3, 0.4) is 0 Å². The molecular formula is C16H30N2O2. The smallest absolute Gasteiger partial charge is 0.226 e. The van der Waals surface area contributed by atoms with Gasteiger partial charge in [0.05, 0.1) is 0 Å². The standard InChI is InChI=1S/C16H30N2O2/c1-12(13-6-9-20-10-7-13)18-15(19)16(2,3)14-5-4-8-17-11-14/h12-14,17H,4-11H2,1-3H3,(H,18,19). The third kappa shape index (κ3) is 3.73. The first-order valence-corrected chi connectivity index (χ1v) is 8.11. The molecule has 4 nitrogen and oxygen atoms in total. The lowest BCUT2D eigenvalue weighted by Crippen LogP contribution is -2.51. The minimum absolute atomic E-state index is 0.213. The van der Waals surface area contributed by atoms with Crippen molar-refractivity contribution in [2.75, 3.05) is 26.3 Å². The average molecular weight is 282 g/mol. The molecule has 2 aliphatic heterocycles. The molecule has 2 rings (SSSR count). The summed E-state index contributed by atoms with van der Waals surface area (Å²) in [6.45, 7) is 10.1. The fourth-order valence-electron chi connectivity index (χ4n) is 3.38. The van der Waals surface area contributed by atoms with E-state index in [9.17, 15) is 4.79 Å². The Labute approximate surface area is 123 Å². The van der Waals surface area contributed by atoms with Crippen LogP contribution in [0.2, 0.25) is 0 Å². The van der Waals surface area contributed by atoms with E-state index >= 15 is 0 Å². The molecule has 0 aromatic carbocycles. The molecule has 2 aliphatic rings. The lowest BCUT2D eigenvalue weighted by molar-refractivity contribution is -0.133. The Hall–Kier alpha value is -0.610. The molecule has 2 N–H and O–H groups in total. The second kappa shape index (κ2) is 6.90. The summed E-state index contributed by atoms with van der Waals surface area (Å²) in [5, 5.41) is 6.68. The maximum atomic E-state index is 12.6. The number of ether oxygens (including phenoxy) is 1. The van der Waals surface area contributed by atoms with E-state index in [1.54, 1.807) is 0 Å². The van der Waals surface area contributed by atoms with Crippen LogP contribution in [0.15, 0.2) is 0 Å². The lowest BCUT2D eigenvalue weighted by Gasteiger charge is -2.38. The Morgan fingerprint density at radius 1 is 1.30 bits per heavy atom. The van der Waals surface area contributed by atoms with E-state index in [2.05, 4.69) is 31.4 Å². The number of nitrogens with one attached hydrogen (secondary N) is 2. The molecule has 20 heavy (non-hydrogen) atoms. The summed E-state index contributed by atoms with van der Waals surface area (Å²) in [6.07, 6.45) is 4.45. The van der Waals surface area contributed by atoms with Crippen molar-refractivity contribution in [1.82, 2.24) is 10.6 Å². The Morgan fingerprint density at radius 3 is 2.60 bits per heavy atom. The van der Waals surface area contributed by atoms with Gasteiger partial charge >= 0.3 is 0 Å². The Kier molecular flexibility index (Phi) is 5.44. The van der Waals surface area contributed by atoms with E-state index in [1.165, 1.54) is 6.42 Å². The highest BCUT2D eigenvalue weighted by atomic mass is 16.5. The first-order chi connectivity index (χ1) is 9.51. The fraction of sp³-hybridized carbons (Fsp3) is 0.938. The number of amides is 1. The predicted molar refractivity (Wildman–Crippen MR) is 80.5 cm³/mol. The van der Waals surface area contributed by atoms with Crippen molar-refractivity contribution in [2.24, 2.45) is 17.3 Å². The van der Waals surface area contributed by atoms with Crippen LogP contribution in [-0.4, -0.2) is 38.3 Å². The molecule has 0 spiro atoms. The zero-order valence-corrected chi connectivity index (χ0v) is 13.2.